The molecule has 1 aliphatic heterocycles. The van der Waals surface area contributed by atoms with Crippen molar-refractivity contribution in [1.29, 1.82) is 0 Å². The van der Waals surface area contributed by atoms with E-state index in [1.54, 1.807) is 0 Å². The van der Waals surface area contributed by atoms with Crippen molar-refractivity contribution in [3.63, 3.8) is 0 Å². The summed E-state index contributed by atoms with van der Waals surface area (Å²) in [7, 11) is 0. The Hall–Kier alpha value is -0.380. The van der Waals surface area contributed by atoms with Gasteiger partial charge in [0.2, 0.25) is 0 Å². The molecule has 1 aliphatic carbocycles. The molecule has 0 aromatic heterocycles. The van der Waals surface area contributed by atoms with E-state index in [4.69, 9.17) is 0 Å². The molecule has 3 rings (SSSR count). The lowest BCUT2D eigenvalue weighted by molar-refractivity contribution is 0.0201. The first kappa shape index (κ1) is 14.6. The number of hydrogen-bond donors (Lipinski definition) is 1. The molecular weight excluding hydrogens is 314 g/mol. The van der Waals surface area contributed by atoms with Gasteiger partial charge in [0.05, 0.1) is 6.10 Å². The molecule has 0 amide bonds. The lowest BCUT2D eigenvalue weighted by Gasteiger charge is -2.37. The summed E-state index contributed by atoms with van der Waals surface area (Å²) in [6.45, 7) is 2.19. The van der Waals surface area contributed by atoms with Crippen LogP contribution in [-0.4, -0.2) is 28.7 Å². The van der Waals surface area contributed by atoms with Crippen LogP contribution >= 0.6 is 15.9 Å². The third-order valence-electron chi connectivity index (χ3n) is 5.02. The van der Waals surface area contributed by atoms with Crippen LogP contribution in [0.5, 0.6) is 0 Å². The maximum absolute atomic E-state index is 10.3. The number of benzene rings is 1. The Labute approximate surface area is 130 Å². The van der Waals surface area contributed by atoms with Gasteiger partial charge < -0.3 is 5.11 Å². The summed E-state index contributed by atoms with van der Waals surface area (Å²) >= 11 is 3.66. The highest BCUT2D eigenvalue weighted by atomic mass is 79.9. The zero-order valence-corrected chi connectivity index (χ0v) is 13.6. The minimum absolute atomic E-state index is 0.0754. The van der Waals surface area contributed by atoms with Gasteiger partial charge in [0.1, 0.15) is 0 Å². The summed E-state index contributed by atoms with van der Waals surface area (Å²) < 4.78 is 1.20. The van der Waals surface area contributed by atoms with Crippen LogP contribution in [0.4, 0.5) is 0 Å². The van der Waals surface area contributed by atoms with Crippen molar-refractivity contribution in [2.45, 2.75) is 57.2 Å². The van der Waals surface area contributed by atoms with E-state index in [-0.39, 0.29) is 6.10 Å². The number of nitrogens with zero attached hydrogens (tertiary/aromatic N) is 1. The zero-order valence-electron chi connectivity index (χ0n) is 12.0. The average Bonchev–Trinajstić information content (AvgIpc) is 2.90. The van der Waals surface area contributed by atoms with E-state index in [0.29, 0.717) is 12.0 Å². The molecule has 0 radical (unpaired) electrons. The van der Waals surface area contributed by atoms with Crippen molar-refractivity contribution in [2.75, 3.05) is 6.54 Å². The standard InChI is InChI=1S/C17H24BrNO/c18-15-8-3-1-6-13(15)12-19-11-5-9-16(19)14-7-2-4-10-17(14)20/h1,3,6,8,14,16-17,20H,2,4-5,7,9-12H2. The largest absolute Gasteiger partial charge is 0.393 e. The van der Waals surface area contributed by atoms with Crippen LogP contribution in [0.2, 0.25) is 0 Å². The zero-order chi connectivity index (χ0) is 13.9. The minimum Gasteiger partial charge on any atom is -0.393 e. The molecule has 1 aromatic rings. The summed E-state index contributed by atoms with van der Waals surface area (Å²) in [6, 6.07) is 9.09. The molecule has 1 aromatic carbocycles. The molecular formula is C17H24BrNO. The first-order valence-corrected chi connectivity index (χ1v) is 8.70. The number of aliphatic hydroxyl groups excluding tert-OH is 1. The molecule has 1 saturated carbocycles. The van der Waals surface area contributed by atoms with E-state index >= 15 is 0 Å². The summed E-state index contributed by atoms with van der Waals surface area (Å²) in [5.41, 5.74) is 1.37. The lowest BCUT2D eigenvalue weighted by Crippen LogP contribution is -2.42. The maximum atomic E-state index is 10.3. The van der Waals surface area contributed by atoms with Gasteiger partial charge in [-0.3, -0.25) is 4.90 Å². The second-order valence-electron chi connectivity index (χ2n) is 6.29. The molecule has 1 N–H and O–H groups in total. The van der Waals surface area contributed by atoms with Crippen molar-refractivity contribution in [3.05, 3.63) is 34.3 Å². The van der Waals surface area contributed by atoms with E-state index in [9.17, 15) is 5.11 Å². The van der Waals surface area contributed by atoms with Crippen molar-refractivity contribution in [3.8, 4) is 0 Å². The van der Waals surface area contributed by atoms with E-state index < -0.39 is 0 Å². The predicted molar refractivity (Wildman–Crippen MR) is 85.5 cm³/mol. The summed E-state index contributed by atoms with van der Waals surface area (Å²) in [5, 5.41) is 10.3. The normalized spacial score (nSPS) is 31.6. The highest BCUT2D eigenvalue weighted by Gasteiger charge is 2.36. The van der Waals surface area contributed by atoms with Gasteiger partial charge >= 0.3 is 0 Å². The molecule has 3 unspecified atom stereocenters. The van der Waals surface area contributed by atoms with Gasteiger partial charge in [0, 0.05) is 23.0 Å². The van der Waals surface area contributed by atoms with Crippen LogP contribution < -0.4 is 0 Å². The van der Waals surface area contributed by atoms with Gasteiger partial charge in [-0.15, -0.1) is 0 Å². The first-order valence-electron chi connectivity index (χ1n) is 7.91. The molecule has 2 aliphatic rings. The van der Waals surface area contributed by atoms with Crippen LogP contribution in [0, 0.1) is 5.92 Å². The topological polar surface area (TPSA) is 23.5 Å². The number of halogens is 1. The molecule has 3 atom stereocenters. The van der Waals surface area contributed by atoms with Crippen molar-refractivity contribution in [1.82, 2.24) is 4.90 Å². The first-order chi connectivity index (χ1) is 9.75. The Balaban J connectivity index is 1.71. The Morgan fingerprint density at radius 2 is 1.90 bits per heavy atom. The molecule has 2 fully saturated rings. The van der Waals surface area contributed by atoms with Gasteiger partial charge in [-0.1, -0.05) is 47.0 Å². The number of likely N-dealkylation sites (tertiary alicyclic amines) is 1. The molecule has 0 spiro atoms. The van der Waals surface area contributed by atoms with Crippen LogP contribution in [0.25, 0.3) is 0 Å². The lowest BCUT2D eigenvalue weighted by atomic mass is 9.80. The van der Waals surface area contributed by atoms with Gasteiger partial charge in [-0.2, -0.15) is 0 Å². The Bertz CT molecular complexity index is 450. The molecule has 2 nitrogen and oxygen atoms in total. The molecule has 20 heavy (non-hydrogen) atoms. The van der Waals surface area contributed by atoms with Gasteiger partial charge in [-0.25, -0.2) is 0 Å². The molecule has 1 saturated heterocycles. The maximum Gasteiger partial charge on any atom is 0.0583 e. The van der Waals surface area contributed by atoms with Crippen LogP contribution in [-0.2, 0) is 6.54 Å². The van der Waals surface area contributed by atoms with Gasteiger partial charge in [-0.05, 0) is 43.9 Å². The third kappa shape index (κ3) is 3.10. The van der Waals surface area contributed by atoms with Crippen LogP contribution in [0.3, 0.4) is 0 Å². The van der Waals surface area contributed by atoms with Gasteiger partial charge in [0.15, 0.2) is 0 Å². The van der Waals surface area contributed by atoms with Crippen molar-refractivity contribution < 1.29 is 5.11 Å². The molecule has 1 heterocycles. The van der Waals surface area contributed by atoms with E-state index in [0.717, 1.165) is 13.0 Å². The summed E-state index contributed by atoms with van der Waals surface area (Å²) in [4.78, 5) is 2.60. The van der Waals surface area contributed by atoms with E-state index in [1.165, 1.54) is 48.7 Å². The third-order valence-corrected chi connectivity index (χ3v) is 5.79. The smallest absolute Gasteiger partial charge is 0.0583 e. The minimum atomic E-state index is -0.0754. The second kappa shape index (κ2) is 6.59. The highest BCUT2D eigenvalue weighted by molar-refractivity contribution is 9.10. The fourth-order valence-electron chi connectivity index (χ4n) is 3.97. The second-order valence-corrected chi connectivity index (χ2v) is 7.14. The summed E-state index contributed by atoms with van der Waals surface area (Å²) in [5.74, 6) is 0.494. The van der Waals surface area contributed by atoms with Crippen molar-refractivity contribution in [2.24, 2.45) is 5.92 Å². The average molecular weight is 338 g/mol. The molecule has 110 valence electrons. The Morgan fingerprint density at radius 1 is 1.10 bits per heavy atom. The predicted octanol–water partition coefficient (Wildman–Crippen LogP) is 3.96. The molecule has 0 bridgehead atoms. The fourth-order valence-corrected chi connectivity index (χ4v) is 4.38. The monoisotopic (exact) mass is 337 g/mol. The van der Waals surface area contributed by atoms with E-state index in [2.05, 4.69) is 45.1 Å². The van der Waals surface area contributed by atoms with Crippen molar-refractivity contribution >= 4 is 15.9 Å². The van der Waals surface area contributed by atoms with E-state index in [1.807, 2.05) is 0 Å². The summed E-state index contributed by atoms with van der Waals surface area (Å²) in [6.07, 6.45) is 7.16. The SMILES string of the molecule is OC1CCCCC1C1CCCN1Cc1ccccc1Br. The van der Waals surface area contributed by atoms with Crippen LogP contribution in [0.15, 0.2) is 28.7 Å². The quantitative estimate of drug-likeness (QED) is 0.902. The number of rotatable bonds is 3. The van der Waals surface area contributed by atoms with Crippen LogP contribution in [0.1, 0.15) is 44.1 Å². The Morgan fingerprint density at radius 3 is 2.70 bits per heavy atom. The fraction of sp³-hybridized carbons (Fsp3) is 0.647. The van der Waals surface area contributed by atoms with Gasteiger partial charge in [0.25, 0.3) is 0 Å². The number of hydrogen-bond acceptors (Lipinski definition) is 2. The molecule has 3 heteroatoms. The Kier molecular flexibility index (Phi) is 4.79. The highest BCUT2D eigenvalue weighted by Crippen LogP contribution is 2.35. The number of aliphatic hydroxyl groups is 1.